The predicted molar refractivity (Wildman–Crippen MR) is 74.7 cm³/mol. The molecule has 0 saturated carbocycles. The van der Waals surface area contributed by atoms with E-state index in [9.17, 15) is 8.42 Å². The number of hydrogen-bond donors (Lipinski definition) is 0. The first-order chi connectivity index (χ1) is 8.37. The average Bonchev–Trinajstić information content (AvgIpc) is 2.28. The summed E-state index contributed by atoms with van der Waals surface area (Å²) >= 11 is 0. The summed E-state index contributed by atoms with van der Waals surface area (Å²) in [4.78, 5) is 0. The molecule has 0 radical (unpaired) electrons. The van der Waals surface area contributed by atoms with Gasteiger partial charge in [-0.1, -0.05) is 24.6 Å². The van der Waals surface area contributed by atoms with Crippen molar-refractivity contribution in [3.8, 4) is 5.75 Å². The third-order valence-corrected chi connectivity index (χ3v) is 3.94. The highest BCUT2D eigenvalue weighted by molar-refractivity contribution is 8.13. The molecule has 18 heavy (non-hydrogen) atoms. The van der Waals surface area contributed by atoms with E-state index >= 15 is 0 Å². The zero-order valence-electron chi connectivity index (χ0n) is 10.7. The fourth-order valence-corrected chi connectivity index (χ4v) is 2.45. The Hall–Kier alpha value is -0.740. The number of hydrogen-bond acceptors (Lipinski definition) is 3. The van der Waals surface area contributed by atoms with Gasteiger partial charge in [0, 0.05) is 10.7 Å². The summed E-state index contributed by atoms with van der Waals surface area (Å²) in [7, 11) is 1.79. The Kier molecular flexibility index (Phi) is 5.96. The van der Waals surface area contributed by atoms with Crippen molar-refractivity contribution in [2.24, 2.45) is 5.92 Å². The van der Waals surface area contributed by atoms with E-state index in [2.05, 4.69) is 0 Å². The lowest BCUT2D eigenvalue weighted by molar-refractivity contribution is 0.282. The first-order valence-electron chi connectivity index (χ1n) is 5.98. The van der Waals surface area contributed by atoms with Crippen LogP contribution in [0, 0.1) is 12.8 Å². The Bertz CT molecular complexity index is 454. The monoisotopic (exact) mass is 290 g/mol. The van der Waals surface area contributed by atoms with Crippen molar-refractivity contribution in [3.05, 3.63) is 29.8 Å². The summed E-state index contributed by atoms with van der Waals surface area (Å²) in [5.41, 5.74) is 1.20. The first kappa shape index (κ1) is 15.3. The molecule has 0 bridgehead atoms. The van der Waals surface area contributed by atoms with Crippen LogP contribution in [-0.4, -0.2) is 20.8 Å². The van der Waals surface area contributed by atoms with E-state index in [1.807, 2.05) is 38.1 Å². The molecule has 0 amide bonds. The van der Waals surface area contributed by atoms with Crippen LogP contribution < -0.4 is 4.74 Å². The van der Waals surface area contributed by atoms with Gasteiger partial charge in [-0.25, -0.2) is 8.42 Å². The average molecular weight is 291 g/mol. The SMILES string of the molecule is Cc1ccc(OCCC(C)CCS(=O)(=O)Cl)cc1. The van der Waals surface area contributed by atoms with E-state index in [-0.39, 0.29) is 11.7 Å². The molecule has 102 valence electrons. The van der Waals surface area contributed by atoms with E-state index in [0.717, 1.165) is 12.2 Å². The van der Waals surface area contributed by atoms with Gasteiger partial charge < -0.3 is 4.74 Å². The van der Waals surface area contributed by atoms with Crippen molar-refractivity contribution in [2.75, 3.05) is 12.4 Å². The van der Waals surface area contributed by atoms with Gasteiger partial charge >= 0.3 is 0 Å². The molecule has 0 heterocycles. The molecule has 0 aliphatic heterocycles. The van der Waals surface area contributed by atoms with Crippen LogP contribution in [0.15, 0.2) is 24.3 Å². The molecule has 3 nitrogen and oxygen atoms in total. The third-order valence-electron chi connectivity index (χ3n) is 2.75. The van der Waals surface area contributed by atoms with Crippen LogP contribution in [-0.2, 0) is 9.05 Å². The topological polar surface area (TPSA) is 43.4 Å². The quantitative estimate of drug-likeness (QED) is 0.723. The van der Waals surface area contributed by atoms with Gasteiger partial charge in [0.05, 0.1) is 12.4 Å². The van der Waals surface area contributed by atoms with E-state index in [1.54, 1.807) is 0 Å². The minimum absolute atomic E-state index is 0.0280. The van der Waals surface area contributed by atoms with Gasteiger partial charge in [0.1, 0.15) is 5.75 Å². The summed E-state index contributed by atoms with van der Waals surface area (Å²) in [6.45, 7) is 4.62. The molecule has 0 aromatic heterocycles. The smallest absolute Gasteiger partial charge is 0.232 e. The Morgan fingerprint density at radius 1 is 1.22 bits per heavy atom. The molecule has 0 aliphatic carbocycles. The van der Waals surface area contributed by atoms with Crippen LogP contribution in [0.2, 0.25) is 0 Å². The van der Waals surface area contributed by atoms with Crippen LogP contribution in [0.1, 0.15) is 25.3 Å². The second-order valence-corrected chi connectivity index (χ2v) is 7.48. The highest BCUT2D eigenvalue weighted by atomic mass is 35.7. The maximum absolute atomic E-state index is 10.8. The maximum Gasteiger partial charge on any atom is 0.232 e. The zero-order valence-corrected chi connectivity index (χ0v) is 12.3. The van der Waals surface area contributed by atoms with Crippen LogP contribution in [0.4, 0.5) is 0 Å². The highest BCUT2D eigenvalue weighted by Crippen LogP contribution is 2.15. The molecule has 0 N–H and O–H groups in total. The van der Waals surface area contributed by atoms with E-state index in [1.165, 1.54) is 5.56 Å². The molecule has 1 aromatic rings. The normalized spacial score (nSPS) is 13.3. The van der Waals surface area contributed by atoms with Crippen molar-refractivity contribution < 1.29 is 13.2 Å². The third kappa shape index (κ3) is 6.87. The van der Waals surface area contributed by atoms with Gasteiger partial charge in [-0.05, 0) is 37.8 Å². The minimum atomic E-state index is -3.37. The summed E-state index contributed by atoms with van der Waals surface area (Å²) in [6.07, 6.45) is 1.39. The number of ether oxygens (including phenoxy) is 1. The molecule has 0 aliphatic rings. The standard InChI is InChI=1S/C13H19ClO3S/c1-11-3-5-13(6-4-11)17-9-7-12(2)8-10-18(14,15)16/h3-6,12H,7-10H2,1-2H3. The van der Waals surface area contributed by atoms with E-state index in [0.29, 0.717) is 13.0 Å². The van der Waals surface area contributed by atoms with Crippen molar-refractivity contribution in [2.45, 2.75) is 26.7 Å². The maximum atomic E-state index is 10.8. The van der Waals surface area contributed by atoms with Gasteiger partial charge in [0.2, 0.25) is 9.05 Å². The minimum Gasteiger partial charge on any atom is -0.494 e. The number of aryl methyl sites for hydroxylation is 1. The van der Waals surface area contributed by atoms with Crippen molar-refractivity contribution in [1.29, 1.82) is 0 Å². The van der Waals surface area contributed by atoms with Gasteiger partial charge in [-0.2, -0.15) is 0 Å². The molecule has 5 heteroatoms. The fraction of sp³-hybridized carbons (Fsp3) is 0.538. The zero-order chi connectivity index (χ0) is 13.6. The second-order valence-electron chi connectivity index (χ2n) is 4.59. The lowest BCUT2D eigenvalue weighted by Gasteiger charge is -2.11. The lowest BCUT2D eigenvalue weighted by atomic mass is 10.1. The predicted octanol–water partition coefficient (Wildman–Crippen LogP) is 3.36. The number of halogens is 1. The first-order valence-corrected chi connectivity index (χ1v) is 8.46. The summed E-state index contributed by atoms with van der Waals surface area (Å²) in [5, 5.41) is 0. The molecule has 0 fully saturated rings. The molecule has 1 atom stereocenters. The molecule has 0 saturated heterocycles. The van der Waals surface area contributed by atoms with Crippen LogP contribution in [0.5, 0.6) is 5.75 Å². The van der Waals surface area contributed by atoms with E-state index in [4.69, 9.17) is 15.4 Å². The van der Waals surface area contributed by atoms with Gasteiger partial charge in [0.15, 0.2) is 0 Å². The molecular weight excluding hydrogens is 272 g/mol. The fourth-order valence-electron chi connectivity index (χ4n) is 1.50. The highest BCUT2D eigenvalue weighted by Gasteiger charge is 2.09. The van der Waals surface area contributed by atoms with Crippen molar-refractivity contribution >= 4 is 19.7 Å². The number of benzene rings is 1. The Balaban J connectivity index is 2.23. The summed E-state index contributed by atoms with van der Waals surface area (Å²) in [6, 6.07) is 7.87. The Morgan fingerprint density at radius 3 is 2.39 bits per heavy atom. The Morgan fingerprint density at radius 2 is 1.83 bits per heavy atom. The largest absolute Gasteiger partial charge is 0.494 e. The van der Waals surface area contributed by atoms with Crippen LogP contribution >= 0.6 is 10.7 Å². The van der Waals surface area contributed by atoms with E-state index < -0.39 is 9.05 Å². The van der Waals surface area contributed by atoms with Crippen LogP contribution in [0.25, 0.3) is 0 Å². The summed E-state index contributed by atoms with van der Waals surface area (Å²) in [5.74, 6) is 1.15. The number of rotatable bonds is 7. The lowest BCUT2D eigenvalue weighted by Crippen LogP contribution is -2.08. The summed E-state index contributed by atoms with van der Waals surface area (Å²) < 4.78 is 27.2. The van der Waals surface area contributed by atoms with Gasteiger partial charge in [-0.3, -0.25) is 0 Å². The van der Waals surface area contributed by atoms with Gasteiger partial charge in [0.25, 0.3) is 0 Å². The molecular formula is C13H19ClO3S. The van der Waals surface area contributed by atoms with Crippen molar-refractivity contribution in [3.63, 3.8) is 0 Å². The Labute approximate surface area is 114 Å². The molecule has 1 aromatic carbocycles. The molecule has 1 rings (SSSR count). The second kappa shape index (κ2) is 7.00. The van der Waals surface area contributed by atoms with Crippen molar-refractivity contribution in [1.82, 2.24) is 0 Å². The molecule has 0 spiro atoms. The van der Waals surface area contributed by atoms with Crippen LogP contribution in [0.3, 0.4) is 0 Å². The molecule has 1 unspecified atom stereocenters. The van der Waals surface area contributed by atoms with Gasteiger partial charge in [-0.15, -0.1) is 0 Å².